The summed E-state index contributed by atoms with van der Waals surface area (Å²) >= 11 is 0. The second-order valence-corrected chi connectivity index (χ2v) is 7.39. The third-order valence-electron chi connectivity index (χ3n) is 5.80. The van der Waals surface area contributed by atoms with Crippen LogP contribution in [0.3, 0.4) is 0 Å². The summed E-state index contributed by atoms with van der Waals surface area (Å²) in [6, 6.07) is 39.6. The molecule has 0 aliphatic carbocycles. The molecule has 0 amide bonds. The van der Waals surface area contributed by atoms with E-state index in [0.29, 0.717) is 0 Å². The van der Waals surface area contributed by atoms with Crippen LogP contribution in [0.4, 0.5) is 0 Å². The average Bonchev–Trinajstić information content (AvgIpc) is 2.77. The SMILES string of the molecule is c1ccc(-c2c3ccccc3cc3ccc4ccc5ccccc5c4c23)cc1. The lowest BCUT2D eigenvalue weighted by molar-refractivity contribution is 1.68. The molecular weight excluding hydrogens is 336 g/mol. The second-order valence-electron chi connectivity index (χ2n) is 7.39. The van der Waals surface area contributed by atoms with Crippen LogP contribution in [0.1, 0.15) is 0 Å². The summed E-state index contributed by atoms with van der Waals surface area (Å²) in [5, 5.41) is 10.5. The highest BCUT2D eigenvalue weighted by atomic mass is 14.2. The minimum absolute atomic E-state index is 1.27. The lowest BCUT2D eigenvalue weighted by Gasteiger charge is -2.16. The van der Waals surface area contributed by atoms with Crippen molar-refractivity contribution < 1.29 is 0 Å². The standard InChI is InChI=1S/C28H18/c1-2-9-20(10-3-1)26-25-13-7-5-11-22(25)18-23-17-16-21-15-14-19-8-4-6-12-24(19)27(21)28(23)26/h1-18H. The van der Waals surface area contributed by atoms with Gasteiger partial charge in [-0.1, -0.05) is 103 Å². The van der Waals surface area contributed by atoms with Crippen molar-refractivity contribution in [1.82, 2.24) is 0 Å². The van der Waals surface area contributed by atoms with Crippen LogP contribution in [-0.4, -0.2) is 0 Å². The van der Waals surface area contributed by atoms with Crippen molar-refractivity contribution in [3.05, 3.63) is 109 Å². The Morgan fingerprint density at radius 1 is 0.357 bits per heavy atom. The Morgan fingerprint density at radius 3 is 1.79 bits per heavy atom. The van der Waals surface area contributed by atoms with Crippen LogP contribution in [0.5, 0.6) is 0 Å². The predicted molar refractivity (Wildman–Crippen MR) is 122 cm³/mol. The molecule has 6 aromatic carbocycles. The fraction of sp³-hybridized carbons (Fsp3) is 0. The van der Waals surface area contributed by atoms with Gasteiger partial charge in [-0.05, 0) is 60.3 Å². The Kier molecular flexibility index (Phi) is 3.27. The van der Waals surface area contributed by atoms with Gasteiger partial charge in [-0.2, -0.15) is 0 Å². The zero-order valence-electron chi connectivity index (χ0n) is 15.4. The van der Waals surface area contributed by atoms with Crippen LogP contribution in [0.2, 0.25) is 0 Å². The van der Waals surface area contributed by atoms with E-state index in [1.165, 1.54) is 54.2 Å². The van der Waals surface area contributed by atoms with Crippen LogP contribution < -0.4 is 0 Å². The van der Waals surface area contributed by atoms with Gasteiger partial charge < -0.3 is 0 Å². The Bertz CT molecular complexity index is 1490. The molecule has 0 atom stereocenters. The van der Waals surface area contributed by atoms with Gasteiger partial charge in [-0.15, -0.1) is 0 Å². The first-order valence-electron chi connectivity index (χ1n) is 9.71. The van der Waals surface area contributed by atoms with E-state index >= 15 is 0 Å². The number of rotatable bonds is 1. The zero-order chi connectivity index (χ0) is 18.5. The minimum atomic E-state index is 1.27. The summed E-state index contributed by atoms with van der Waals surface area (Å²) in [5.74, 6) is 0. The van der Waals surface area contributed by atoms with E-state index in [9.17, 15) is 0 Å². The molecule has 0 bridgehead atoms. The van der Waals surface area contributed by atoms with Crippen LogP contribution in [-0.2, 0) is 0 Å². The summed E-state index contributed by atoms with van der Waals surface area (Å²) in [5.41, 5.74) is 2.60. The molecule has 0 saturated carbocycles. The summed E-state index contributed by atoms with van der Waals surface area (Å²) in [7, 11) is 0. The molecule has 0 aromatic heterocycles. The predicted octanol–water partition coefficient (Wildman–Crippen LogP) is 7.97. The summed E-state index contributed by atoms with van der Waals surface area (Å²) in [6.45, 7) is 0. The molecule has 130 valence electrons. The highest BCUT2D eigenvalue weighted by Gasteiger charge is 2.14. The second kappa shape index (κ2) is 5.94. The van der Waals surface area contributed by atoms with E-state index in [4.69, 9.17) is 0 Å². The summed E-state index contributed by atoms with van der Waals surface area (Å²) in [4.78, 5) is 0. The molecule has 0 fully saturated rings. The van der Waals surface area contributed by atoms with Crippen molar-refractivity contribution in [3.8, 4) is 11.1 Å². The van der Waals surface area contributed by atoms with Crippen LogP contribution >= 0.6 is 0 Å². The smallest absolute Gasteiger partial charge is 0.00141 e. The van der Waals surface area contributed by atoms with Gasteiger partial charge in [0.25, 0.3) is 0 Å². The molecule has 0 aliphatic rings. The molecule has 0 aliphatic heterocycles. The van der Waals surface area contributed by atoms with Gasteiger partial charge >= 0.3 is 0 Å². The monoisotopic (exact) mass is 354 g/mol. The molecule has 0 heteroatoms. The Balaban J connectivity index is 1.96. The molecule has 0 spiro atoms. The highest BCUT2D eigenvalue weighted by Crippen LogP contribution is 2.42. The minimum Gasteiger partial charge on any atom is -0.0622 e. The van der Waals surface area contributed by atoms with E-state index in [-0.39, 0.29) is 0 Å². The molecule has 0 N–H and O–H groups in total. The fourth-order valence-corrected chi connectivity index (χ4v) is 4.56. The zero-order valence-corrected chi connectivity index (χ0v) is 15.4. The topological polar surface area (TPSA) is 0 Å². The number of hydrogen-bond acceptors (Lipinski definition) is 0. The van der Waals surface area contributed by atoms with E-state index in [1.807, 2.05) is 0 Å². The molecular formula is C28H18. The first kappa shape index (κ1) is 15.4. The highest BCUT2D eigenvalue weighted by molar-refractivity contribution is 6.28. The van der Waals surface area contributed by atoms with Gasteiger partial charge in [0.15, 0.2) is 0 Å². The molecule has 0 unspecified atom stereocenters. The maximum atomic E-state index is 2.33. The molecule has 28 heavy (non-hydrogen) atoms. The molecule has 0 nitrogen and oxygen atoms in total. The van der Waals surface area contributed by atoms with Crippen LogP contribution in [0.15, 0.2) is 109 Å². The molecule has 0 saturated heterocycles. The fourth-order valence-electron chi connectivity index (χ4n) is 4.56. The number of benzene rings is 6. The van der Waals surface area contributed by atoms with Gasteiger partial charge in [0.05, 0.1) is 0 Å². The molecule has 6 rings (SSSR count). The summed E-state index contributed by atoms with van der Waals surface area (Å²) < 4.78 is 0. The van der Waals surface area contributed by atoms with E-state index in [1.54, 1.807) is 0 Å². The van der Waals surface area contributed by atoms with Crippen molar-refractivity contribution in [2.45, 2.75) is 0 Å². The molecule has 0 heterocycles. The normalized spacial score (nSPS) is 11.6. The van der Waals surface area contributed by atoms with Gasteiger partial charge in [0, 0.05) is 0 Å². The number of hydrogen-bond donors (Lipinski definition) is 0. The average molecular weight is 354 g/mol. The third kappa shape index (κ3) is 2.18. The van der Waals surface area contributed by atoms with Gasteiger partial charge in [0.1, 0.15) is 0 Å². The van der Waals surface area contributed by atoms with E-state index < -0.39 is 0 Å². The van der Waals surface area contributed by atoms with Gasteiger partial charge in [0.2, 0.25) is 0 Å². The van der Waals surface area contributed by atoms with Crippen molar-refractivity contribution in [2.24, 2.45) is 0 Å². The Morgan fingerprint density at radius 2 is 0.964 bits per heavy atom. The Labute approximate surface area is 163 Å². The van der Waals surface area contributed by atoms with Crippen molar-refractivity contribution in [2.75, 3.05) is 0 Å². The number of fused-ring (bicyclic) bond motifs is 6. The lowest BCUT2D eigenvalue weighted by Crippen LogP contribution is -1.88. The van der Waals surface area contributed by atoms with Gasteiger partial charge in [-0.3, -0.25) is 0 Å². The Hall–Kier alpha value is -3.64. The van der Waals surface area contributed by atoms with Crippen molar-refractivity contribution in [1.29, 1.82) is 0 Å². The maximum absolute atomic E-state index is 2.33. The first-order chi connectivity index (χ1) is 13.9. The maximum Gasteiger partial charge on any atom is -0.00141 e. The molecule has 6 aromatic rings. The summed E-state index contributed by atoms with van der Waals surface area (Å²) in [6.07, 6.45) is 0. The van der Waals surface area contributed by atoms with E-state index in [2.05, 4.69) is 109 Å². The quantitative estimate of drug-likeness (QED) is 0.207. The van der Waals surface area contributed by atoms with Gasteiger partial charge in [-0.25, -0.2) is 0 Å². The largest absolute Gasteiger partial charge is 0.0622 e. The van der Waals surface area contributed by atoms with E-state index in [0.717, 1.165) is 0 Å². The van der Waals surface area contributed by atoms with Crippen molar-refractivity contribution in [3.63, 3.8) is 0 Å². The third-order valence-corrected chi connectivity index (χ3v) is 5.80. The lowest BCUT2D eigenvalue weighted by atomic mass is 9.87. The first-order valence-corrected chi connectivity index (χ1v) is 9.71. The van der Waals surface area contributed by atoms with Crippen molar-refractivity contribution >= 4 is 43.1 Å². The van der Waals surface area contributed by atoms with Crippen LogP contribution in [0, 0.1) is 0 Å². The molecule has 0 radical (unpaired) electrons. The van der Waals surface area contributed by atoms with Crippen LogP contribution in [0.25, 0.3) is 54.2 Å².